The zero-order chi connectivity index (χ0) is 11.5. The van der Waals surface area contributed by atoms with E-state index in [-0.39, 0.29) is 5.78 Å². The number of carbonyl (C=O) groups excluding carboxylic acids is 1. The molecule has 2 aromatic rings. The first-order chi connectivity index (χ1) is 7.70. The van der Waals surface area contributed by atoms with Crippen LogP contribution in [0, 0.1) is 0 Å². The molecule has 82 valence electrons. The van der Waals surface area contributed by atoms with Gasteiger partial charge in [-0.15, -0.1) is 0 Å². The van der Waals surface area contributed by atoms with E-state index in [1.54, 1.807) is 6.92 Å². The van der Waals surface area contributed by atoms with Crippen LogP contribution in [0.25, 0.3) is 11.3 Å². The maximum atomic E-state index is 11.1. The molecule has 1 N–H and O–H groups in total. The fourth-order valence-corrected chi connectivity index (χ4v) is 1.57. The monoisotopic (exact) mass is 214 g/mol. The molecule has 0 atom stereocenters. The van der Waals surface area contributed by atoms with Gasteiger partial charge in [-0.05, 0) is 19.4 Å². The number of aryl methyl sites for hydroxylation is 1. The highest BCUT2D eigenvalue weighted by Crippen LogP contribution is 2.18. The van der Waals surface area contributed by atoms with E-state index in [4.69, 9.17) is 0 Å². The number of Topliss-reactive ketones (excluding diaryl/α,β-unsaturated/α-hetero) is 1. The molecule has 0 radical (unpaired) electrons. The van der Waals surface area contributed by atoms with Gasteiger partial charge in [0.2, 0.25) is 0 Å². The second-order valence-electron chi connectivity index (χ2n) is 3.77. The smallest absolute Gasteiger partial charge is 0.159 e. The van der Waals surface area contributed by atoms with Gasteiger partial charge in [0.15, 0.2) is 5.78 Å². The molecule has 0 aliphatic heterocycles. The number of hydrogen-bond acceptors (Lipinski definition) is 2. The number of rotatable bonds is 3. The normalized spacial score (nSPS) is 10.4. The van der Waals surface area contributed by atoms with Crippen LogP contribution in [-0.2, 0) is 6.42 Å². The van der Waals surface area contributed by atoms with E-state index in [1.165, 1.54) is 0 Å². The average molecular weight is 214 g/mol. The van der Waals surface area contributed by atoms with Crippen LogP contribution in [0.1, 0.15) is 29.9 Å². The Morgan fingerprint density at radius 3 is 2.50 bits per heavy atom. The largest absolute Gasteiger partial charge is 0.295 e. The van der Waals surface area contributed by atoms with Gasteiger partial charge < -0.3 is 0 Å². The molecule has 0 saturated carbocycles. The molecule has 1 heterocycles. The second kappa shape index (κ2) is 4.31. The highest BCUT2D eigenvalue weighted by molar-refractivity contribution is 5.94. The molecule has 0 amide bonds. The van der Waals surface area contributed by atoms with Crippen molar-refractivity contribution < 1.29 is 4.79 Å². The van der Waals surface area contributed by atoms with Gasteiger partial charge in [-0.3, -0.25) is 9.89 Å². The second-order valence-corrected chi connectivity index (χ2v) is 3.77. The Morgan fingerprint density at radius 1 is 1.31 bits per heavy atom. The van der Waals surface area contributed by atoms with E-state index in [9.17, 15) is 4.79 Å². The molecule has 0 spiro atoms. The third kappa shape index (κ3) is 2.03. The zero-order valence-corrected chi connectivity index (χ0v) is 9.45. The molecular formula is C13H14N2O. The van der Waals surface area contributed by atoms with Crippen LogP contribution in [0.15, 0.2) is 30.3 Å². The Hall–Kier alpha value is -1.90. The van der Waals surface area contributed by atoms with E-state index in [1.807, 2.05) is 30.3 Å². The number of aromatic amines is 1. The molecule has 3 nitrogen and oxygen atoms in total. The molecule has 1 aromatic carbocycles. The van der Waals surface area contributed by atoms with Crippen molar-refractivity contribution >= 4 is 5.78 Å². The van der Waals surface area contributed by atoms with Gasteiger partial charge in [-0.25, -0.2) is 0 Å². The summed E-state index contributed by atoms with van der Waals surface area (Å²) < 4.78 is 0. The summed E-state index contributed by atoms with van der Waals surface area (Å²) in [6.07, 6.45) is 0.943. The number of aromatic nitrogens is 2. The predicted octanol–water partition coefficient (Wildman–Crippen LogP) is 2.84. The third-order valence-corrected chi connectivity index (χ3v) is 2.60. The molecule has 1 aromatic heterocycles. The maximum Gasteiger partial charge on any atom is 0.159 e. The van der Waals surface area contributed by atoms with Crippen LogP contribution in [0.3, 0.4) is 0 Å². The van der Waals surface area contributed by atoms with Gasteiger partial charge in [0, 0.05) is 16.8 Å². The predicted molar refractivity (Wildman–Crippen MR) is 63.4 cm³/mol. The summed E-state index contributed by atoms with van der Waals surface area (Å²) >= 11 is 0. The van der Waals surface area contributed by atoms with Crippen molar-refractivity contribution in [2.75, 3.05) is 0 Å². The highest BCUT2D eigenvalue weighted by Gasteiger charge is 2.04. The van der Waals surface area contributed by atoms with Crippen LogP contribution in [0.4, 0.5) is 0 Å². The Bertz CT molecular complexity index is 497. The third-order valence-electron chi connectivity index (χ3n) is 2.60. The first-order valence-corrected chi connectivity index (χ1v) is 5.36. The number of benzene rings is 1. The van der Waals surface area contributed by atoms with Crippen molar-refractivity contribution in [2.45, 2.75) is 20.3 Å². The first-order valence-electron chi connectivity index (χ1n) is 5.36. The minimum absolute atomic E-state index is 0.0859. The van der Waals surface area contributed by atoms with Crippen molar-refractivity contribution in [1.82, 2.24) is 10.2 Å². The summed E-state index contributed by atoms with van der Waals surface area (Å²) in [7, 11) is 0. The van der Waals surface area contributed by atoms with Crippen molar-refractivity contribution in [3.8, 4) is 11.3 Å². The zero-order valence-electron chi connectivity index (χ0n) is 9.45. The lowest BCUT2D eigenvalue weighted by Crippen LogP contribution is -1.90. The van der Waals surface area contributed by atoms with Gasteiger partial charge in [-0.1, -0.05) is 31.2 Å². The van der Waals surface area contributed by atoms with Crippen LogP contribution in [-0.4, -0.2) is 16.0 Å². The molecule has 0 fully saturated rings. The first kappa shape index (κ1) is 10.6. The number of hydrogen-bond donors (Lipinski definition) is 1. The molecule has 0 unspecified atom stereocenters. The van der Waals surface area contributed by atoms with E-state index < -0.39 is 0 Å². The quantitative estimate of drug-likeness (QED) is 0.798. The SMILES string of the molecule is CCc1cc(-c2ccc(C(C)=O)cc2)n[nH]1. The van der Waals surface area contributed by atoms with Gasteiger partial charge >= 0.3 is 0 Å². The highest BCUT2D eigenvalue weighted by atomic mass is 16.1. The number of H-pyrrole nitrogens is 1. The summed E-state index contributed by atoms with van der Waals surface area (Å²) in [5.41, 5.74) is 3.80. The summed E-state index contributed by atoms with van der Waals surface area (Å²) in [4.78, 5) is 11.1. The van der Waals surface area contributed by atoms with Crippen LogP contribution >= 0.6 is 0 Å². The van der Waals surface area contributed by atoms with Gasteiger partial charge in [-0.2, -0.15) is 5.10 Å². The standard InChI is InChI=1S/C13H14N2O/c1-3-12-8-13(15-14-12)11-6-4-10(5-7-11)9(2)16/h4-8H,3H2,1-2H3,(H,14,15). The van der Waals surface area contributed by atoms with E-state index in [0.717, 1.165) is 28.9 Å². The molecule has 2 rings (SSSR count). The van der Waals surface area contributed by atoms with Crippen LogP contribution in [0.5, 0.6) is 0 Å². The van der Waals surface area contributed by atoms with E-state index in [0.29, 0.717) is 0 Å². The molecule has 0 saturated heterocycles. The Kier molecular flexibility index (Phi) is 2.86. The van der Waals surface area contributed by atoms with Crippen molar-refractivity contribution in [3.05, 3.63) is 41.6 Å². The summed E-state index contributed by atoms with van der Waals surface area (Å²) in [5.74, 6) is 0.0859. The number of nitrogens with zero attached hydrogens (tertiary/aromatic N) is 1. The number of carbonyl (C=O) groups is 1. The van der Waals surface area contributed by atoms with Gasteiger partial charge in [0.25, 0.3) is 0 Å². The van der Waals surface area contributed by atoms with Crippen molar-refractivity contribution in [1.29, 1.82) is 0 Å². The maximum absolute atomic E-state index is 11.1. The van der Waals surface area contributed by atoms with E-state index >= 15 is 0 Å². The average Bonchev–Trinajstić information content (AvgIpc) is 2.77. The topological polar surface area (TPSA) is 45.8 Å². The van der Waals surface area contributed by atoms with Gasteiger partial charge in [0.1, 0.15) is 0 Å². The number of nitrogens with one attached hydrogen (secondary N) is 1. The molecule has 0 bridgehead atoms. The Labute approximate surface area is 94.5 Å². The molecule has 0 aliphatic carbocycles. The summed E-state index contributed by atoms with van der Waals surface area (Å²) in [6.45, 7) is 3.65. The lowest BCUT2D eigenvalue weighted by Gasteiger charge is -1.98. The number of ketones is 1. The van der Waals surface area contributed by atoms with Gasteiger partial charge in [0.05, 0.1) is 5.69 Å². The van der Waals surface area contributed by atoms with Crippen LogP contribution < -0.4 is 0 Å². The van der Waals surface area contributed by atoms with E-state index in [2.05, 4.69) is 17.1 Å². The Balaban J connectivity index is 2.30. The van der Waals surface area contributed by atoms with Crippen molar-refractivity contribution in [2.24, 2.45) is 0 Å². The molecular weight excluding hydrogens is 200 g/mol. The fourth-order valence-electron chi connectivity index (χ4n) is 1.57. The minimum atomic E-state index is 0.0859. The van der Waals surface area contributed by atoms with Crippen LogP contribution in [0.2, 0.25) is 0 Å². The lowest BCUT2D eigenvalue weighted by molar-refractivity contribution is 0.101. The molecule has 16 heavy (non-hydrogen) atoms. The van der Waals surface area contributed by atoms with Crippen molar-refractivity contribution in [3.63, 3.8) is 0 Å². The summed E-state index contributed by atoms with van der Waals surface area (Å²) in [5, 5.41) is 7.20. The molecule has 3 heteroatoms. The minimum Gasteiger partial charge on any atom is -0.295 e. The summed E-state index contributed by atoms with van der Waals surface area (Å²) in [6, 6.07) is 9.54. The Morgan fingerprint density at radius 2 is 2.00 bits per heavy atom. The fraction of sp³-hybridized carbons (Fsp3) is 0.231. The lowest BCUT2D eigenvalue weighted by atomic mass is 10.1. The molecule has 0 aliphatic rings.